The Kier molecular flexibility index (Phi) is 7.80. The van der Waals surface area contributed by atoms with Crippen molar-refractivity contribution in [2.45, 2.75) is 38.5 Å². The first-order valence-corrected chi connectivity index (χ1v) is 11.7. The molecule has 2 unspecified atom stereocenters. The second-order valence-corrected chi connectivity index (χ2v) is 8.45. The predicted octanol–water partition coefficient (Wildman–Crippen LogP) is 5.80. The number of ether oxygens (including phenoxy) is 2. The van der Waals surface area contributed by atoms with Gasteiger partial charge in [0.05, 0.1) is 11.8 Å². The molecule has 0 radical (unpaired) electrons. The topological polar surface area (TPSA) is 90.7 Å². The van der Waals surface area contributed by atoms with Crippen LogP contribution in [0, 0.1) is 0 Å². The van der Waals surface area contributed by atoms with Gasteiger partial charge in [0, 0.05) is 5.56 Å². The van der Waals surface area contributed by atoms with Crippen LogP contribution in [0.2, 0.25) is 0 Å². The number of nitrogen functional groups attached to an aromatic ring is 1. The molecule has 31 heavy (non-hydrogen) atoms. The van der Waals surface area contributed by atoms with E-state index in [2.05, 4.69) is 46.9 Å². The number of hydrogen-bond donors (Lipinski definition) is 3. The highest BCUT2D eigenvalue weighted by Crippen LogP contribution is 2.33. The number of aromatic hydroxyl groups is 1. The summed E-state index contributed by atoms with van der Waals surface area (Å²) in [5.41, 5.74) is 16.7. The van der Waals surface area contributed by atoms with Crippen molar-refractivity contribution in [1.29, 1.82) is 0 Å². The van der Waals surface area contributed by atoms with E-state index >= 15 is 0 Å². The highest BCUT2D eigenvalue weighted by molar-refractivity contribution is 14.1. The Balaban J connectivity index is 1.61. The van der Waals surface area contributed by atoms with E-state index in [1.54, 1.807) is 12.1 Å². The lowest BCUT2D eigenvalue weighted by Crippen LogP contribution is -2.40. The maximum absolute atomic E-state index is 9.44. The van der Waals surface area contributed by atoms with Gasteiger partial charge in [0.25, 0.3) is 0 Å². The minimum atomic E-state index is -0.804. The molecule has 2 atom stereocenters. The minimum absolute atomic E-state index is 0.260. The highest BCUT2D eigenvalue weighted by Gasteiger charge is 2.24. The summed E-state index contributed by atoms with van der Waals surface area (Å²) >= 11 is 2.14. The lowest BCUT2D eigenvalue weighted by Gasteiger charge is -2.30. The number of alkyl halides is 1. The van der Waals surface area contributed by atoms with Gasteiger partial charge in [0.1, 0.15) is 21.8 Å². The van der Waals surface area contributed by atoms with Crippen LogP contribution >= 0.6 is 22.6 Å². The third kappa shape index (κ3) is 6.35. The Morgan fingerprint density at radius 2 is 1.61 bits per heavy atom. The molecule has 0 aliphatic heterocycles. The van der Waals surface area contributed by atoms with Crippen molar-refractivity contribution in [2.75, 3.05) is 10.3 Å². The molecule has 3 aromatic rings. The first kappa shape index (κ1) is 23.4. The number of halogens is 1. The molecule has 0 aliphatic carbocycles. The van der Waals surface area contributed by atoms with Gasteiger partial charge in [0.2, 0.25) is 0 Å². The second kappa shape index (κ2) is 10.3. The zero-order chi connectivity index (χ0) is 22.4. The Bertz CT molecular complexity index is 989. The number of hydrogen-bond acceptors (Lipinski definition) is 5. The van der Waals surface area contributed by atoms with Crippen molar-refractivity contribution in [2.24, 2.45) is 5.73 Å². The maximum Gasteiger partial charge on any atom is 0.143 e. The van der Waals surface area contributed by atoms with Gasteiger partial charge < -0.3 is 26.0 Å². The van der Waals surface area contributed by atoms with E-state index < -0.39 is 5.72 Å². The lowest BCUT2D eigenvalue weighted by molar-refractivity contribution is -0.0780. The van der Waals surface area contributed by atoms with Gasteiger partial charge in [-0.2, -0.15) is 0 Å². The molecule has 6 heteroatoms. The molecule has 0 fully saturated rings. The molecule has 0 heterocycles. The fourth-order valence-electron chi connectivity index (χ4n) is 3.54. The van der Waals surface area contributed by atoms with Gasteiger partial charge >= 0.3 is 0 Å². The summed E-state index contributed by atoms with van der Waals surface area (Å²) in [4.78, 5) is 0. The number of benzene rings is 3. The molecule has 0 bridgehead atoms. The number of nitrogens with two attached hydrogens (primary N) is 2. The fraction of sp³-hybridized carbons (Fsp3) is 0.280. The molecule has 164 valence electrons. The normalized spacial score (nSPS) is 14.1. The smallest absolute Gasteiger partial charge is 0.143 e. The molecule has 0 amide bonds. The Morgan fingerprint density at radius 3 is 2.23 bits per heavy atom. The molecule has 0 spiro atoms. The zero-order valence-corrected chi connectivity index (χ0v) is 20.0. The highest BCUT2D eigenvalue weighted by atomic mass is 127. The SMILES string of the molecule is CC(OC(C)(N)CCc1ccc(-c2ccc(O)cc2)cc1)c1cccc(OCI)c1N. The monoisotopic (exact) mass is 532 g/mol. The van der Waals surface area contributed by atoms with Gasteiger partial charge in [-0.15, -0.1) is 0 Å². The third-order valence-corrected chi connectivity index (χ3v) is 5.57. The van der Waals surface area contributed by atoms with Crippen LogP contribution in [-0.2, 0) is 11.2 Å². The van der Waals surface area contributed by atoms with E-state index in [-0.39, 0.29) is 11.9 Å². The number of aryl methyl sites for hydroxylation is 1. The first-order valence-electron chi connectivity index (χ1n) is 10.2. The van der Waals surface area contributed by atoms with Crippen LogP contribution < -0.4 is 16.2 Å². The predicted molar refractivity (Wildman–Crippen MR) is 134 cm³/mol. The molecule has 3 aromatic carbocycles. The number of para-hydroxylation sites is 1. The summed E-state index contributed by atoms with van der Waals surface area (Å²) < 4.78 is 12.3. The number of anilines is 1. The number of phenols is 1. The summed E-state index contributed by atoms with van der Waals surface area (Å²) in [5.74, 6) is 0.928. The lowest BCUT2D eigenvalue weighted by atomic mass is 9.99. The van der Waals surface area contributed by atoms with Crippen molar-refractivity contribution < 1.29 is 14.6 Å². The van der Waals surface area contributed by atoms with Crippen LogP contribution in [0.15, 0.2) is 66.7 Å². The molecule has 0 aromatic heterocycles. The maximum atomic E-state index is 9.44. The second-order valence-electron chi connectivity index (χ2n) is 7.83. The van der Waals surface area contributed by atoms with E-state index in [9.17, 15) is 5.11 Å². The van der Waals surface area contributed by atoms with Gasteiger partial charge in [0.15, 0.2) is 0 Å². The summed E-state index contributed by atoms with van der Waals surface area (Å²) in [7, 11) is 0. The minimum Gasteiger partial charge on any atom is -0.508 e. The average molecular weight is 532 g/mol. The first-order chi connectivity index (χ1) is 14.8. The van der Waals surface area contributed by atoms with Crippen molar-refractivity contribution in [1.82, 2.24) is 0 Å². The standard InChI is InChI=1S/C25H29IN2O3/c1-17(22-4-3-5-23(24(22)27)30-16-26)31-25(2,28)15-14-18-6-8-19(9-7-18)20-10-12-21(29)13-11-20/h3-13,17,29H,14-16,27-28H2,1-2H3. The Labute approximate surface area is 197 Å². The van der Waals surface area contributed by atoms with Crippen LogP contribution in [0.3, 0.4) is 0 Å². The Morgan fingerprint density at radius 1 is 1.00 bits per heavy atom. The van der Waals surface area contributed by atoms with E-state index in [4.69, 9.17) is 20.9 Å². The van der Waals surface area contributed by atoms with E-state index in [1.807, 2.05) is 44.2 Å². The Hall–Kier alpha value is -2.29. The van der Waals surface area contributed by atoms with Crippen molar-refractivity contribution in [3.63, 3.8) is 0 Å². The third-order valence-electron chi connectivity index (χ3n) is 5.26. The molecule has 5 nitrogen and oxygen atoms in total. The van der Waals surface area contributed by atoms with Gasteiger partial charge in [-0.05, 0) is 84.2 Å². The molecule has 0 aliphatic rings. The molecular weight excluding hydrogens is 503 g/mol. The summed E-state index contributed by atoms with van der Waals surface area (Å²) in [6.45, 7) is 3.85. The zero-order valence-electron chi connectivity index (χ0n) is 17.8. The summed E-state index contributed by atoms with van der Waals surface area (Å²) in [5, 5.41) is 9.44. The molecule has 5 N–H and O–H groups in total. The molecule has 3 rings (SSSR count). The van der Waals surface area contributed by atoms with Crippen LogP contribution in [-0.4, -0.2) is 15.4 Å². The average Bonchev–Trinajstić information content (AvgIpc) is 2.74. The van der Waals surface area contributed by atoms with Gasteiger partial charge in [-0.25, -0.2) is 0 Å². The van der Waals surface area contributed by atoms with E-state index in [1.165, 1.54) is 5.56 Å². The summed E-state index contributed by atoms with van der Waals surface area (Å²) in [6, 6.07) is 21.3. The van der Waals surface area contributed by atoms with Crippen LogP contribution in [0.1, 0.15) is 37.5 Å². The van der Waals surface area contributed by atoms with E-state index in [0.717, 1.165) is 23.1 Å². The van der Waals surface area contributed by atoms with Gasteiger partial charge in [-0.1, -0.05) is 48.5 Å². The van der Waals surface area contributed by atoms with Gasteiger partial charge in [-0.3, -0.25) is 0 Å². The molecular formula is C25H29IN2O3. The number of phenolic OH excluding ortho intramolecular Hbond substituents is 1. The van der Waals surface area contributed by atoms with Crippen LogP contribution in [0.4, 0.5) is 5.69 Å². The fourth-order valence-corrected chi connectivity index (χ4v) is 3.87. The van der Waals surface area contributed by atoms with Crippen LogP contribution in [0.5, 0.6) is 11.5 Å². The van der Waals surface area contributed by atoms with Crippen molar-refractivity contribution in [3.8, 4) is 22.6 Å². The van der Waals surface area contributed by atoms with Crippen molar-refractivity contribution >= 4 is 28.3 Å². The van der Waals surface area contributed by atoms with E-state index in [0.29, 0.717) is 22.5 Å². The summed E-state index contributed by atoms with van der Waals surface area (Å²) in [6.07, 6.45) is 1.20. The number of rotatable bonds is 9. The van der Waals surface area contributed by atoms with Crippen LogP contribution in [0.25, 0.3) is 11.1 Å². The van der Waals surface area contributed by atoms with Crippen molar-refractivity contribution in [3.05, 3.63) is 77.9 Å². The molecule has 0 saturated carbocycles. The largest absolute Gasteiger partial charge is 0.508 e. The molecule has 0 saturated heterocycles. The quantitative estimate of drug-likeness (QED) is 0.140.